The minimum absolute atomic E-state index is 0.521. The van der Waals surface area contributed by atoms with E-state index in [9.17, 15) is 4.39 Å². The van der Waals surface area contributed by atoms with Crippen LogP contribution in [0.25, 0.3) is 21.6 Å². The highest BCUT2D eigenvalue weighted by Crippen LogP contribution is 2.38. The molecule has 118 valence electrons. The zero-order valence-electron chi connectivity index (χ0n) is 12.5. The summed E-state index contributed by atoms with van der Waals surface area (Å²) in [7, 11) is 0. The number of aromatic nitrogens is 2. The molecule has 0 spiro atoms. The van der Waals surface area contributed by atoms with Crippen molar-refractivity contribution >= 4 is 28.1 Å². The van der Waals surface area contributed by atoms with E-state index in [1.807, 2.05) is 24.3 Å². The van der Waals surface area contributed by atoms with Crippen molar-refractivity contribution in [1.29, 1.82) is 0 Å². The molecule has 1 N–H and O–H groups in total. The molecule has 0 saturated carbocycles. The van der Waals surface area contributed by atoms with E-state index in [-0.39, 0.29) is 0 Å². The molecule has 0 amide bonds. The fourth-order valence-corrected chi connectivity index (χ4v) is 3.35. The summed E-state index contributed by atoms with van der Waals surface area (Å²) in [5.41, 5.74) is 2.36. The molecule has 0 aliphatic heterocycles. The van der Waals surface area contributed by atoms with Gasteiger partial charge in [0, 0.05) is 46.7 Å². The summed E-state index contributed by atoms with van der Waals surface area (Å²) in [4.78, 5) is 9.01. The Hall–Kier alpha value is -1.98. The lowest BCUT2D eigenvalue weighted by atomic mass is 10.0. The molecular weight excluding hydrogens is 333 g/mol. The molecule has 3 nitrogen and oxygen atoms in total. The smallest absolute Gasteiger partial charge is 0.213 e. The molecule has 2 aromatic heterocycles. The van der Waals surface area contributed by atoms with Gasteiger partial charge >= 0.3 is 0 Å². The number of nitrogens with one attached hydrogen (secondary N) is 1. The predicted octanol–water partition coefficient (Wildman–Crippen LogP) is 5.49. The lowest BCUT2D eigenvalue weighted by Gasteiger charge is -2.09. The van der Waals surface area contributed by atoms with Gasteiger partial charge < -0.3 is 5.32 Å². The summed E-state index contributed by atoms with van der Waals surface area (Å²) in [5, 5.41) is 4.67. The summed E-state index contributed by atoms with van der Waals surface area (Å²) in [6.07, 6.45) is 4.28. The number of hydrogen-bond donors (Lipinski definition) is 1. The maximum atomic E-state index is 13.7. The van der Waals surface area contributed by atoms with Gasteiger partial charge in [-0.3, -0.25) is 0 Å². The third kappa shape index (κ3) is 3.51. The second kappa shape index (κ2) is 7.06. The quantitative estimate of drug-likeness (QED) is 0.620. The van der Waals surface area contributed by atoms with Gasteiger partial charge in [-0.05, 0) is 12.5 Å². The Balaban J connectivity index is 2.07. The first kappa shape index (κ1) is 15.9. The van der Waals surface area contributed by atoms with E-state index in [2.05, 4.69) is 22.2 Å². The Bertz CT molecular complexity index is 819. The number of pyridine rings is 1. The van der Waals surface area contributed by atoms with Gasteiger partial charge in [0.1, 0.15) is 0 Å². The summed E-state index contributed by atoms with van der Waals surface area (Å²) in [6, 6.07) is 8.90. The van der Waals surface area contributed by atoms with Gasteiger partial charge in [-0.15, -0.1) is 0 Å². The molecule has 0 bridgehead atoms. The number of thiazole rings is 1. The van der Waals surface area contributed by atoms with Gasteiger partial charge in [-0.1, -0.05) is 48.1 Å². The molecule has 23 heavy (non-hydrogen) atoms. The van der Waals surface area contributed by atoms with Crippen LogP contribution in [0, 0.1) is 5.95 Å². The van der Waals surface area contributed by atoms with Crippen molar-refractivity contribution < 1.29 is 4.39 Å². The van der Waals surface area contributed by atoms with Crippen molar-refractivity contribution in [2.24, 2.45) is 0 Å². The second-order valence-corrected chi connectivity index (χ2v) is 6.43. The van der Waals surface area contributed by atoms with E-state index >= 15 is 0 Å². The van der Waals surface area contributed by atoms with Gasteiger partial charge in [0.2, 0.25) is 5.95 Å². The predicted molar refractivity (Wildman–Crippen MR) is 94.5 cm³/mol. The van der Waals surface area contributed by atoms with Crippen molar-refractivity contribution in [3.8, 4) is 21.6 Å². The first-order valence-electron chi connectivity index (χ1n) is 7.29. The number of hydrogen-bond acceptors (Lipinski definition) is 4. The van der Waals surface area contributed by atoms with Crippen molar-refractivity contribution in [3.63, 3.8) is 0 Å². The topological polar surface area (TPSA) is 37.8 Å². The van der Waals surface area contributed by atoms with Gasteiger partial charge in [0.25, 0.3) is 0 Å². The molecule has 2 heterocycles. The van der Waals surface area contributed by atoms with E-state index in [1.165, 1.54) is 23.6 Å². The largest absolute Gasteiger partial charge is 0.362 e. The summed E-state index contributed by atoms with van der Waals surface area (Å²) in [6.45, 7) is 2.95. The van der Waals surface area contributed by atoms with E-state index in [0.29, 0.717) is 5.02 Å². The highest BCUT2D eigenvalue weighted by Gasteiger charge is 2.14. The average Bonchev–Trinajstić information content (AvgIpc) is 3.02. The van der Waals surface area contributed by atoms with Crippen LogP contribution in [0.1, 0.15) is 13.3 Å². The van der Waals surface area contributed by atoms with E-state index in [4.69, 9.17) is 11.6 Å². The lowest BCUT2D eigenvalue weighted by Crippen LogP contribution is -1.97. The molecule has 0 aliphatic carbocycles. The minimum atomic E-state index is -0.521. The third-order valence-electron chi connectivity index (χ3n) is 3.33. The van der Waals surface area contributed by atoms with Crippen LogP contribution in [0.4, 0.5) is 9.52 Å². The molecule has 1 aromatic carbocycles. The molecule has 0 unspecified atom stereocenters. The molecule has 0 fully saturated rings. The molecular formula is C17H15ClFN3S. The zero-order chi connectivity index (χ0) is 16.2. The zero-order valence-corrected chi connectivity index (χ0v) is 14.1. The number of nitrogens with zero attached hydrogens (tertiary/aromatic N) is 2. The SMILES string of the molecule is CCCNc1ncc(-c2cc(F)ncc2-c2ccccc2Cl)s1. The van der Waals surface area contributed by atoms with Crippen molar-refractivity contribution in [3.05, 3.63) is 53.7 Å². The van der Waals surface area contributed by atoms with Gasteiger partial charge in [-0.25, -0.2) is 9.97 Å². The van der Waals surface area contributed by atoms with Crippen LogP contribution in [0.5, 0.6) is 0 Å². The Morgan fingerprint density at radius 3 is 2.74 bits per heavy atom. The second-order valence-electron chi connectivity index (χ2n) is 4.99. The van der Waals surface area contributed by atoms with Crippen LogP contribution < -0.4 is 5.32 Å². The molecule has 0 atom stereocenters. The van der Waals surface area contributed by atoms with Crippen LogP contribution in [0.2, 0.25) is 5.02 Å². The van der Waals surface area contributed by atoms with E-state index < -0.39 is 5.95 Å². The van der Waals surface area contributed by atoms with Crippen molar-refractivity contribution in [2.45, 2.75) is 13.3 Å². The highest BCUT2D eigenvalue weighted by molar-refractivity contribution is 7.18. The van der Waals surface area contributed by atoms with E-state index in [1.54, 1.807) is 6.20 Å². The standard InChI is InChI=1S/C17H15ClFN3S/c1-2-7-20-17-22-10-15(23-17)12-8-16(19)21-9-13(12)11-5-3-4-6-14(11)18/h3-6,8-10H,2,7H2,1H3,(H,20,22). The third-order valence-corrected chi connectivity index (χ3v) is 4.65. The molecule has 3 rings (SSSR count). The number of anilines is 1. The number of halogens is 2. The average molecular weight is 348 g/mol. The molecule has 3 aromatic rings. The first-order valence-corrected chi connectivity index (χ1v) is 8.49. The Labute approximate surface area is 143 Å². The molecule has 6 heteroatoms. The van der Waals surface area contributed by atoms with Crippen LogP contribution >= 0.6 is 22.9 Å². The van der Waals surface area contributed by atoms with Gasteiger partial charge in [0.15, 0.2) is 5.13 Å². The summed E-state index contributed by atoms with van der Waals surface area (Å²) >= 11 is 7.78. The van der Waals surface area contributed by atoms with E-state index in [0.717, 1.165) is 39.7 Å². The summed E-state index contributed by atoms with van der Waals surface area (Å²) < 4.78 is 13.7. The fourth-order valence-electron chi connectivity index (χ4n) is 2.24. The monoisotopic (exact) mass is 347 g/mol. The summed E-state index contributed by atoms with van der Waals surface area (Å²) in [5.74, 6) is -0.521. The normalized spacial score (nSPS) is 10.7. The Kier molecular flexibility index (Phi) is 4.88. The lowest BCUT2D eigenvalue weighted by molar-refractivity contribution is 0.585. The van der Waals surface area contributed by atoms with Crippen LogP contribution in [-0.4, -0.2) is 16.5 Å². The molecule has 0 radical (unpaired) electrons. The number of rotatable bonds is 5. The first-order chi connectivity index (χ1) is 11.2. The van der Waals surface area contributed by atoms with Crippen LogP contribution in [-0.2, 0) is 0 Å². The molecule has 0 aliphatic rings. The maximum Gasteiger partial charge on any atom is 0.213 e. The number of benzene rings is 1. The minimum Gasteiger partial charge on any atom is -0.362 e. The van der Waals surface area contributed by atoms with Gasteiger partial charge in [-0.2, -0.15) is 4.39 Å². The highest BCUT2D eigenvalue weighted by atomic mass is 35.5. The van der Waals surface area contributed by atoms with Crippen LogP contribution in [0.15, 0.2) is 42.7 Å². The van der Waals surface area contributed by atoms with Crippen molar-refractivity contribution in [1.82, 2.24) is 9.97 Å². The fraction of sp³-hybridized carbons (Fsp3) is 0.176. The van der Waals surface area contributed by atoms with Crippen molar-refractivity contribution in [2.75, 3.05) is 11.9 Å². The molecule has 0 saturated heterocycles. The van der Waals surface area contributed by atoms with Crippen LogP contribution in [0.3, 0.4) is 0 Å². The van der Waals surface area contributed by atoms with Gasteiger partial charge in [0.05, 0.1) is 4.88 Å². The Morgan fingerprint density at radius 1 is 1.13 bits per heavy atom. The maximum absolute atomic E-state index is 13.7. The Morgan fingerprint density at radius 2 is 1.96 bits per heavy atom.